The van der Waals surface area contributed by atoms with Crippen LogP contribution in [0.3, 0.4) is 0 Å². The van der Waals surface area contributed by atoms with Gasteiger partial charge in [-0.25, -0.2) is 8.42 Å². The molecule has 1 aliphatic heterocycles. The molecule has 1 amide bonds. The largest absolute Gasteiger partial charge is 0.481 e. The molecular weight excluding hydrogens is 356 g/mol. The Kier molecular flexibility index (Phi) is 5.84. The molecule has 7 nitrogen and oxygen atoms in total. The van der Waals surface area contributed by atoms with E-state index in [2.05, 4.69) is 0 Å². The van der Waals surface area contributed by atoms with Crippen molar-refractivity contribution < 1.29 is 23.1 Å². The Bertz CT molecular complexity index is 720. The second-order valence-electron chi connectivity index (χ2n) is 5.73. The minimum atomic E-state index is -3.81. The lowest BCUT2D eigenvalue weighted by Gasteiger charge is -2.31. The molecule has 1 aromatic carbocycles. The number of benzene rings is 1. The van der Waals surface area contributed by atoms with Crippen LogP contribution >= 0.6 is 11.6 Å². The molecular formula is C15H19ClN2O5S. The van der Waals surface area contributed by atoms with Crippen LogP contribution in [0.1, 0.15) is 12.8 Å². The van der Waals surface area contributed by atoms with Gasteiger partial charge in [0.05, 0.1) is 17.4 Å². The predicted octanol–water partition coefficient (Wildman–Crippen LogP) is 1.28. The Morgan fingerprint density at radius 1 is 1.33 bits per heavy atom. The molecule has 1 saturated heterocycles. The molecule has 1 aliphatic rings. The lowest BCUT2D eigenvalue weighted by molar-refractivity contribution is -0.145. The van der Waals surface area contributed by atoms with Gasteiger partial charge < -0.3 is 10.0 Å². The number of likely N-dealkylation sites (tertiary alicyclic amines) is 1. The second kappa shape index (κ2) is 7.50. The van der Waals surface area contributed by atoms with Gasteiger partial charge in [-0.1, -0.05) is 11.6 Å². The summed E-state index contributed by atoms with van der Waals surface area (Å²) in [4.78, 5) is 24.8. The summed E-state index contributed by atoms with van der Waals surface area (Å²) in [7, 11) is -2.49. The van der Waals surface area contributed by atoms with Gasteiger partial charge in [-0.3, -0.25) is 9.59 Å². The summed E-state index contributed by atoms with van der Waals surface area (Å²) < 4.78 is 25.9. The number of rotatable bonds is 5. The van der Waals surface area contributed by atoms with E-state index in [1.165, 1.54) is 36.2 Å². The molecule has 0 radical (unpaired) electrons. The number of carboxylic acids is 1. The standard InChI is InChI=1S/C15H19ClN2O5S/c1-17(24(22,23)13-6-4-12(16)5-7-13)10-14(19)18-8-2-3-11(9-18)15(20)21/h4-7,11H,2-3,8-10H2,1H3,(H,20,21). The van der Waals surface area contributed by atoms with Crippen LogP contribution in [-0.2, 0) is 19.6 Å². The first-order chi connectivity index (χ1) is 11.2. The molecule has 1 N–H and O–H groups in total. The molecule has 0 spiro atoms. The van der Waals surface area contributed by atoms with Gasteiger partial charge in [-0.15, -0.1) is 0 Å². The normalized spacial score (nSPS) is 18.6. The zero-order chi connectivity index (χ0) is 17.9. The number of likely N-dealkylation sites (N-methyl/N-ethyl adjacent to an activating group) is 1. The number of sulfonamides is 1. The number of carboxylic acid groups (broad SMARTS) is 1. The molecule has 1 unspecified atom stereocenters. The van der Waals surface area contributed by atoms with Gasteiger partial charge in [-0.05, 0) is 37.1 Å². The molecule has 1 fully saturated rings. The van der Waals surface area contributed by atoms with Crippen molar-refractivity contribution in [3.63, 3.8) is 0 Å². The number of nitrogens with zero attached hydrogens (tertiary/aromatic N) is 2. The highest BCUT2D eigenvalue weighted by atomic mass is 35.5. The summed E-state index contributed by atoms with van der Waals surface area (Å²) in [6.07, 6.45) is 1.12. The number of halogens is 1. The molecule has 2 rings (SSSR count). The van der Waals surface area contributed by atoms with Crippen LogP contribution in [-0.4, -0.2) is 61.3 Å². The van der Waals surface area contributed by atoms with Crippen molar-refractivity contribution in [2.75, 3.05) is 26.7 Å². The third-order valence-corrected chi connectivity index (χ3v) is 6.07. The summed E-state index contributed by atoms with van der Waals surface area (Å²) in [5.41, 5.74) is 0. The Labute approximate surface area is 145 Å². The van der Waals surface area contributed by atoms with E-state index in [1.807, 2.05) is 0 Å². The highest BCUT2D eigenvalue weighted by Crippen LogP contribution is 2.19. The molecule has 0 aliphatic carbocycles. The topological polar surface area (TPSA) is 95.0 Å². The fourth-order valence-electron chi connectivity index (χ4n) is 2.57. The minimum absolute atomic E-state index is 0.0456. The second-order valence-corrected chi connectivity index (χ2v) is 8.21. The quantitative estimate of drug-likeness (QED) is 0.837. The van der Waals surface area contributed by atoms with Gasteiger partial charge in [0.2, 0.25) is 15.9 Å². The fourth-order valence-corrected chi connectivity index (χ4v) is 3.81. The summed E-state index contributed by atoms with van der Waals surface area (Å²) in [6.45, 7) is 0.220. The maximum Gasteiger partial charge on any atom is 0.308 e. The van der Waals surface area contributed by atoms with Gasteiger partial charge >= 0.3 is 5.97 Å². The molecule has 0 bridgehead atoms. The van der Waals surface area contributed by atoms with E-state index < -0.39 is 27.8 Å². The monoisotopic (exact) mass is 374 g/mol. The number of carbonyl (C=O) groups is 2. The van der Waals surface area contributed by atoms with Crippen LogP contribution in [0.5, 0.6) is 0 Å². The summed E-state index contributed by atoms with van der Waals surface area (Å²) >= 11 is 5.75. The Balaban J connectivity index is 2.05. The average Bonchev–Trinajstić information content (AvgIpc) is 2.55. The first kappa shape index (κ1) is 18.7. The zero-order valence-corrected chi connectivity index (χ0v) is 14.8. The highest BCUT2D eigenvalue weighted by Gasteiger charge is 2.30. The molecule has 0 saturated carbocycles. The van der Waals surface area contributed by atoms with Crippen LogP contribution in [0.4, 0.5) is 0 Å². The van der Waals surface area contributed by atoms with Crippen molar-refractivity contribution in [1.29, 1.82) is 0 Å². The van der Waals surface area contributed by atoms with Gasteiger partial charge in [0.15, 0.2) is 0 Å². The van der Waals surface area contributed by atoms with E-state index in [9.17, 15) is 18.0 Å². The van der Waals surface area contributed by atoms with Crippen molar-refractivity contribution in [3.05, 3.63) is 29.3 Å². The number of hydrogen-bond acceptors (Lipinski definition) is 4. The summed E-state index contributed by atoms with van der Waals surface area (Å²) in [6, 6.07) is 5.68. The number of aliphatic carboxylic acids is 1. The zero-order valence-electron chi connectivity index (χ0n) is 13.2. The maximum atomic E-state index is 12.5. The van der Waals surface area contributed by atoms with Gasteiger partial charge in [0, 0.05) is 25.2 Å². The van der Waals surface area contributed by atoms with Crippen LogP contribution < -0.4 is 0 Å². The van der Waals surface area contributed by atoms with Crippen molar-refractivity contribution in [3.8, 4) is 0 Å². The van der Waals surface area contributed by atoms with E-state index in [0.717, 1.165) is 4.31 Å². The molecule has 1 aromatic rings. The van der Waals surface area contributed by atoms with E-state index in [-0.39, 0.29) is 18.0 Å². The van der Waals surface area contributed by atoms with Crippen molar-refractivity contribution in [1.82, 2.24) is 9.21 Å². The predicted molar refractivity (Wildman–Crippen MR) is 88.2 cm³/mol. The van der Waals surface area contributed by atoms with E-state index in [0.29, 0.717) is 24.4 Å². The molecule has 24 heavy (non-hydrogen) atoms. The Morgan fingerprint density at radius 3 is 2.54 bits per heavy atom. The molecule has 0 aromatic heterocycles. The van der Waals surface area contributed by atoms with E-state index >= 15 is 0 Å². The smallest absolute Gasteiger partial charge is 0.308 e. The van der Waals surface area contributed by atoms with Crippen molar-refractivity contribution in [2.24, 2.45) is 5.92 Å². The SMILES string of the molecule is CN(CC(=O)N1CCCC(C(=O)O)C1)S(=O)(=O)c1ccc(Cl)cc1. The van der Waals surface area contributed by atoms with Crippen LogP contribution in [0.25, 0.3) is 0 Å². The van der Waals surface area contributed by atoms with Crippen LogP contribution in [0, 0.1) is 5.92 Å². The van der Waals surface area contributed by atoms with Crippen LogP contribution in [0.15, 0.2) is 29.2 Å². The lowest BCUT2D eigenvalue weighted by atomic mass is 9.98. The molecule has 9 heteroatoms. The highest BCUT2D eigenvalue weighted by molar-refractivity contribution is 7.89. The number of hydrogen-bond donors (Lipinski definition) is 1. The minimum Gasteiger partial charge on any atom is -0.481 e. The molecule has 132 valence electrons. The van der Waals surface area contributed by atoms with Crippen LogP contribution in [0.2, 0.25) is 5.02 Å². The fraction of sp³-hybridized carbons (Fsp3) is 0.467. The van der Waals surface area contributed by atoms with Crippen molar-refractivity contribution in [2.45, 2.75) is 17.7 Å². The third-order valence-electron chi connectivity index (χ3n) is 4.00. The Morgan fingerprint density at radius 2 is 1.96 bits per heavy atom. The van der Waals surface area contributed by atoms with Crippen molar-refractivity contribution >= 4 is 33.5 Å². The maximum absolute atomic E-state index is 12.5. The summed E-state index contributed by atoms with van der Waals surface area (Å²) in [5.74, 6) is -1.93. The van der Waals surface area contributed by atoms with E-state index in [1.54, 1.807) is 0 Å². The first-order valence-electron chi connectivity index (χ1n) is 7.44. The number of piperidine rings is 1. The first-order valence-corrected chi connectivity index (χ1v) is 9.26. The molecule has 1 heterocycles. The third kappa shape index (κ3) is 4.25. The molecule has 1 atom stereocenters. The van der Waals surface area contributed by atoms with E-state index in [4.69, 9.17) is 16.7 Å². The Hall–Kier alpha value is -1.64. The number of amides is 1. The van der Waals surface area contributed by atoms with Gasteiger partial charge in [0.1, 0.15) is 0 Å². The average molecular weight is 375 g/mol. The lowest BCUT2D eigenvalue weighted by Crippen LogP contribution is -2.46. The van der Waals surface area contributed by atoms with Gasteiger partial charge in [-0.2, -0.15) is 4.31 Å². The van der Waals surface area contributed by atoms with Gasteiger partial charge in [0.25, 0.3) is 0 Å². The summed E-state index contributed by atoms with van der Waals surface area (Å²) in [5, 5.41) is 9.48. The number of carbonyl (C=O) groups excluding carboxylic acids is 1.